The largest absolute Gasteiger partial charge is 0.421 e. The molecule has 0 unspecified atom stereocenters. The van der Waals surface area contributed by atoms with E-state index in [1.165, 1.54) is 23.6 Å². The number of ether oxygens (including phenoxy) is 1. The van der Waals surface area contributed by atoms with Crippen LogP contribution in [0.15, 0.2) is 29.8 Å². The average molecular weight is 239 g/mol. The fourth-order valence-corrected chi connectivity index (χ4v) is 1.69. The molecule has 0 aliphatic rings. The van der Waals surface area contributed by atoms with Gasteiger partial charge in [-0.25, -0.2) is 4.79 Å². The Labute approximate surface area is 95.3 Å². The summed E-state index contributed by atoms with van der Waals surface area (Å²) in [5, 5.41) is 2.09. The maximum absolute atomic E-state index is 11.5. The molecule has 5 heteroatoms. The molecule has 0 aliphatic heterocycles. The normalized spacial score (nSPS) is 9.93. The summed E-state index contributed by atoms with van der Waals surface area (Å²) in [5.41, 5.74) is 0. The highest BCUT2D eigenvalue weighted by Crippen LogP contribution is 2.23. The Kier molecular flexibility index (Phi) is 2.99. The highest BCUT2D eigenvalue weighted by molar-refractivity contribution is 7.12. The molecular formula is C10H5ClNO2S. The van der Waals surface area contributed by atoms with E-state index in [-0.39, 0.29) is 5.75 Å². The summed E-state index contributed by atoms with van der Waals surface area (Å²) < 4.78 is 5.06. The zero-order chi connectivity index (χ0) is 10.7. The lowest BCUT2D eigenvalue weighted by molar-refractivity contribution is 0.0740. The zero-order valence-corrected chi connectivity index (χ0v) is 9.01. The topological polar surface area (TPSA) is 39.2 Å². The average Bonchev–Trinajstić information content (AvgIpc) is 2.74. The van der Waals surface area contributed by atoms with Crippen LogP contribution in [0, 0.1) is 6.20 Å². The monoisotopic (exact) mass is 238 g/mol. The first-order valence-electron chi connectivity index (χ1n) is 4.04. The number of nitrogens with zero attached hydrogens (tertiary/aromatic N) is 1. The minimum Gasteiger partial charge on any atom is -0.421 e. The quantitative estimate of drug-likeness (QED) is 0.756. The van der Waals surface area contributed by atoms with Crippen LogP contribution in [0.1, 0.15) is 9.67 Å². The minimum atomic E-state index is -0.425. The van der Waals surface area contributed by atoms with Gasteiger partial charge in [0.25, 0.3) is 0 Å². The van der Waals surface area contributed by atoms with Crippen molar-refractivity contribution in [1.29, 1.82) is 0 Å². The lowest BCUT2D eigenvalue weighted by Gasteiger charge is -2.02. The van der Waals surface area contributed by atoms with Gasteiger partial charge >= 0.3 is 5.97 Å². The van der Waals surface area contributed by atoms with E-state index in [1.54, 1.807) is 17.5 Å². The number of thiophene rings is 1. The summed E-state index contributed by atoms with van der Waals surface area (Å²) >= 11 is 7.09. The van der Waals surface area contributed by atoms with Crippen molar-refractivity contribution in [1.82, 2.24) is 4.98 Å². The van der Waals surface area contributed by atoms with E-state index in [0.29, 0.717) is 9.90 Å². The summed E-state index contributed by atoms with van der Waals surface area (Å²) in [4.78, 5) is 15.7. The first-order valence-corrected chi connectivity index (χ1v) is 5.30. The van der Waals surface area contributed by atoms with Crippen molar-refractivity contribution < 1.29 is 9.53 Å². The van der Waals surface area contributed by atoms with E-state index in [4.69, 9.17) is 16.3 Å². The van der Waals surface area contributed by atoms with Crippen molar-refractivity contribution in [3.8, 4) is 5.75 Å². The van der Waals surface area contributed by atoms with Crippen LogP contribution in [0.25, 0.3) is 0 Å². The van der Waals surface area contributed by atoms with Gasteiger partial charge in [0.15, 0.2) is 5.75 Å². The first kappa shape index (κ1) is 10.1. The third-order valence-electron chi connectivity index (χ3n) is 1.61. The van der Waals surface area contributed by atoms with Crippen LogP contribution in [0.4, 0.5) is 0 Å². The number of rotatable bonds is 2. The van der Waals surface area contributed by atoms with Crippen molar-refractivity contribution >= 4 is 28.9 Å². The van der Waals surface area contributed by atoms with Crippen LogP contribution in [-0.2, 0) is 0 Å². The number of hydrogen-bond donors (Lipinski definition) is 0. The zero-order valence-electron chi connectivity index (χ0n) is 7.44. The fourth-order valence-electron chi connectivity index (χ4n) is 0.945. The number of esters is 1. The standard InChI is InChI=1S/C10H5ClNO2S/c11-7-6-12-4-3-8(7)14-10(13)9-2-1-5-15-9/h1-3,5-6H. The number of carbonyl (C=O) groups excluding carboxylic acids is 1. The van der Waals surface area contributed by atoms with E-state index in [0.717, 1.165) is 0 Å². The summed E-state index contributed by atoms with van der Waals surface area (Å²) in [5.74, 6) is -0.156. The molecule has 3 nitrogen and oxygen atoms in total. The molecule has 0 bridgehead atoms. The fraction of sp³-hybridized carbons (Fsp3) is 0. The third-order valence-corrected chi connectivity index (χ3v) is 2.74. The number of hydrogen-bond acceptors (Lipinski definition) is 4. The molecule has 0 fully saturated rings. The molecule has 2 rings (SSSR count). The van der Waals surface area contributed by atoms with E-state index in [2.05, 4.69) is 11.2 Å². The minimum absolute atomic E-state index is 0.269. The smallest absolute Gasteiger partial charge is 0.353 e. The van der Waals surface area contributed by atoms with Gasteiger partial charge < -0.3 is 4.74 Å². The maximum atomic E-state index is 11.5. The van der Waals surface area contributed by atoms with Gasteiger partial charge in [-0.2, -0.15) is 0 Å². The van der Waals surface area contributed by atoms with Crippen molar-refractivity contribution in [2.45, 2.75) is 0 Å². The molecule has 0 aromatic carbocycles. The van der Waals surface area contributed by atoms with Crippen molar-refractivity contribution in [2.24, 2.45) is 0 Å². The Bertz CT molecular complexity index is 470. The number of halogens is 1. The van der Waals surface area contributed by atoms with Crippen LogP contribution in [0.2, 0.25) is 5.02 Å². The third kappa shape index (κ3) is 2.34. The van der Waals surface area contributed by atoms with Crippen molar-refractivity contribution in [3.05, 3.63) is 45.9 Å². The highest BCUT2D eigenvalue weighted by atomic mass is 35.5. The molecule has 2 heterocycles. The Morgan fingerprint density at radius 2 is 2.47 bits per heavy atom. The van der Waals surface area contributed by atoms with Gasteiger partial charge in [-0.15, -0.1) is 11.3 Å². The molecule has 0 atom stereocenters. The van der Waals surface area contributed by atoms with Crippen molar-refractivity contribution in [2.75, 3.05) is 0 Å². The second-order valence-corrected chi connectivity index (χ2v) is 3.97. The molecule has 0 saturated carbocycles. The summed E-state index contributed by atoms with van der Waals surface area (Å²) in [6.07, 6.45) is 3.92. The van der Waals surface area contributed by atoms with Gasteiger partial charge in [-0.05, 0) is 11.4 Å². The van der Waals surface area contributed by atoms with E-state index < -0.39 is 5.97 Å². The van der Waals surface area contributed by atoms with E-state index in [9.17, 15) is 4.79 Å². The van der Waals surface area contributed by atoms with Gasteiger partial charge in [0, 0.05) is 6.07 Å². The molecule has 2 aromatic heterocycles. The Morgan fingerprint density at radius 1 is 1.60 bits per heavy atom. The molecule has 15 heavy (non-hydrogen) atoms. The predicted molar refractivity (Wildman–Crippen MR) is 57.4 cm³/mol. The number of pyridine rings is 1. The second kappa shape index (κ2) is 4.42. The molecule has 0 amide bonds. The molecule has 2 aromatic rings. The summed E-state index contributed by atoms with van der Waals surface area (Å²) in [6, 6.07) is 4.89. The van der Waals surface area contributed by atoms with Gasteiger partial charge in [0.05, 0.1) is 12.4 Å². The van der Waals surface area contributed by atoms with Gasteiger partial charge in [0.2, 0.25) is 0 Å². The lowest BCUT2D eigenvalue weighted by atomic mass is 10.4. The summed E-state index contributed by atoms with van der Waals surface area (Å²) in [7, 11) is 0. The molecule has 0 spiro atoms. The Morgan fingerprint density at radius 3 is 3.13 bits per heavy atom. The molecule has 0 saturated heterocycles. The number of carbonyl (C=O) groups is 1. The molecule has 0 aliphatic carbocycles. The SMILES string of the molecule is O=C(Oc1c[c]ncc1Cl)c1cccs1. The Hall–Kier alpha value is -1.39. The lowest BCUT2D eigenvalue weighted by Crippen LogP contribution is -2.06. The number of aromatic nitrogens is 1. The molecule has 1 radical (unpaired) electrons. The first-order chi connectivity index (χ1) is 7.27. The molecule has 75 valence electrons. The molecular weight excluding hydrogens is 234 g/mol. The Balaban J connectivity index is 2.17. The van der Waals surface area contributed by atoms with Gasteiger partial charge in [-0.3, -0.25) is 4.98 Å². The van der Waals surface area contributed by atoms with E-state index in [1.807, 2.05) is 0 Å². The van der Waals surface area contributed by atoms with Crippen LogP contribution in [-0.4, -0.2) is 11.0 Å². The maximum Gasteiger partial charge on any atom is 0.353 e. The van der Waals surface area contributed by atoms with Crippen LogP contribution < -0.4 is 4.74 Å². The van der Waals surface area contributed by atoms with Crippen LogP contribution in [0.3, 0.4) is 0 Å². The van der Waals surface area contributed by atoms with Crippen LogP contribution in [0.5, 0.6) is 5.75 Å². The van der Waals surface area contributed by atoms with Crippen molar-refractivity contribution in [3.63, 3.8) is 0 Å². The predicted octanol–water partition coefficient (Wildman–Crippen LogP) is 2.82. The highest BCUT2D eigenvalue weighted by Gasteiger charge is 2.11. The van der Waals surface area contributed by atoms with E-state index >= 15 is 0 Å². The second-order valence-electron chi connectivity index (χ2n) is 2.61. The van der Waals surface area contributed by atoms with Crippen LogP contribution >= 0.6 is 22.9 Å². The molecule has 0 N–H and O–H groups in total. The van der Waals surface area contributed by atoms with Gasteiger partial charge in [-0.1, -0.05) is 17.7 Å². The van der Waals surface area contributed by atoms with Gasteiger partial charge in [0.1, 0.15) is 9.90 Å². The summed E-state index contributed by atoms with van der Waals surface area (Å²) in [6.45, 7) is 0.